The van der Waals surface area contributed by atoms with Gasteiger partial charge in [0.2, 0.25) is 0 Å². The zero-order valence-corrected chi connectivity index (χ0v) is 21.1. The Balaban J connectivity index is 1.44. The molecule has 3 heterocycles. The predicted octanol–water partition coefficient (Wildman–Crippen LogP) is 8.65. The van der Waals surface area contributed by atoms with Crippen molar-refractivity contribution in [2.75, 3.05) is 0 Å². The Kier molecular flexibility index (Phi) is 4.78. The number of para-hydroxylation sites is 2. The summed E-state index contributed by atoms with van der Waals surface area (Å²) in [6.07, 6.45) is 12.2. The molecule has 1 aliphatic carbocycles. The smallest absolute Gasteiger partial charge is 0.129 e. The normalized spacial score (nSPS) is 16.8. The maximum atomic E-state index is 5.31. The second-order valence-corrected chi connectivity index (χ2v) is 10.2. The molecule has 0 saturated heterocycles. The van der Waals surface area contributed by atoms with Crippen LogP contribution in [0, 0.1) is 0 Å². The fraction of sp³-hybridized carbons (Fsp3) is 0.114. The molecule has 0 bridgehead atoms. The van der Waals surface area contributed by atoms with Gasteiger partial charge in [-0.3, -0.25) is 4.99 Å². The summed E-state index contributed by atoms with van der Waals surface area (Å²) in [5.41, 5.74) is 9.96. The van der Waals surface area contributed by atoms with Crippen LogP contribution in [-0.4, -0.2) is 14.8 Å². The Morgan fingerprint density at radius 3 is 2.29 bits per heavy atom. The zero-order valence-electron chi connectivity index (χ0n) is 21.1. The second-order valence-electron chi connectivity index (χ2n) is 10.2. The largest absolute Gasteiger partial charge is 0.321 e. The highest BCUT2D eigenvalue weighted by Gasteiger charge is 2.26. The van der Waals surface area contributed by atoms with E-state index in [9.17, 15) is 0 Å². The Bertz CT molecular complexity index is 1930. The van der Waals surface area contributed by atoms with E-state index in [1.807, 2.05) is 0 Å². The Labute approximate surface area is 221 Å². The SMILES string of the molecule is C1=Cc2c(n(C3CC=CC(c4ccccc4)=N3)c3ccc4c(c5ccccc5n4-c4ccccc4)c23)CC1. The summed E-state index contributed by atoms with van der Waals surface area (Å²) < 4.78 is 4.95. The highest BCUT2D eigenvalue weighted by Crippen LogP contribution is 2.43. The summed E-state index contributed by atoms with van der Waals surface area (Å²) >= 11 is 0. The van der Waals surface area contributed by atoms with Crippen molar-refractivity contribution in [3.63, 3.8) is 0 Å². The molecule has 8 rings (SSSR count). The molecule has 1 unspecified atom stereocenters. The van der Waals surface area contributed by atoms with Gasteiger partial charge in [0.05, 0.1) is 22.3 Å². The van der Waals surface area contributed by atoms with E-state index in [2.05, 4.69) is 131 Å². The summed E-state index contributed by atoms with van der Waals surface area (Å²) in [5, 5.41) is 3.99. The van der Waals surface area contributed by atoms with Crippen molar-refractivity contribution in [1.82, 2.24) is 9.13 Å². The molecule has 3 nitrogen and oxygen atoms in total. The molecule has 2 aromatic heterocycles. The lowest BCUT2D eigenvalue weighted by molar-refractivity contribution is 0.524. The minimum absolute atomic E-state index is 0.0490. The van der Waals surface area contributed by atoms with Crippen molar-refractivity contribution < 1.29 is 0 Å². The van der Waals surface area contributed by atoms with Gasteiger partial charge >= 0.3 is 0 Å². The standard InChI is InChI=1S/C35H27N3/c1-3-12-24(13-4-1)28-18-11-21-33(36-28)38-30-20-10-8-17-27(30)35-32(38)23-22-31-34(35)26-16-7-9-19-29(26)37(31)25-14-5-2-6-15-25/h1-9,11-19,22-23,33H,10,20-21H2. The molecule has 0 saturated carbocycles. The number of benzene rings is 4. The van der Waals surface area contributed by atoms with Crippen molar-refractivity contribution in [2.45, 2.75) is 25.4 Å². The van der Waals surface area contributed by atoms with E-state index >= 15 is 0 Å². The Hall–Kier alpha value is -4.63. The second kappa shape index (κ2) is 8.46. The lowest BCUT2D eigenvalue weighted by Gasteiger charge is -2.23. The highest BCUT2D eigenvalue weighted by molar-refractivity contribution is 6.23. The number of allylic oxidation sites excluding steroid dienone is 2. The molecule has 0 N–H and O–H groups in total. The Morgan fingerprint density at radius 2 is 1.42 bits per heavy atom. The van der Waals surface area contributed by atoms with Gasteiger partial charge in [0.25, 0.3) is 0 Å². The van der Waals surface area contributed by atoms with Crippen molar-refractivity contribution in [1.29, 1.82) is 0 Å². The van der Waals surface area contributed by atoms with Gasteiger partial charge in [-0.2, -0.15) is 0 Å². The predicted molar refractivity (Wildman–Crippen MR) is 159 cm³/mol. The molecular formula is C35H27N3. The van der Waals surface area contributed by atoms with Gasteiger partial charge < -0.3 is 9.13 Å². The molecule has 0 spiro atoms. The molecule has 182 valence electrons. The van der Waals surface area contributed by atoms with Gasteiger partial charge in [0, 0.05) is 39.5 Å². The minimum atomic E-state index is 0.0490. The number of aromatic nitrogens is 2. The van der Waals surface area contributed by atoms with Crippen LogP contribution in [0.25, 0.3) is 44.5 Å². The first-order chi connectivity index (χ1) is 18.9. The zero-order chi connectivity index (χ0) is 25.1. The molecule has 1 aliphatic heterocycles. The van der Waals surface area contributed by atoms with Gasteiger partial charge in [-0.15, -0.1) is 0 Å². The lowest BCUT2D eigenvalue weighted by Crippen LogP contribution is -2.15. The molecule has 0 amide bonds. The monoisotopic (exact) mass is 489 g/mol. The van der Waals surface area contributed by atoms with Crippen molar-refractivity contribution in [3.8, 4) is 5.69 Å². The van der Waals surface area contributed by atoms with Crippen LogP contribution in [0.5, 0.6) is 0 Å². The average molecular weight is 490 g/mol. The minimum Gasteiger partial charge on any atom is -0.321 e. The molecule has 38 heavy (non-hydrogen) atoms. The summed E-state index contributed by atoms with van der Waals surface area (Å²) in [6.45, 7) is 0. The quantitative estimate of drug-likeness (QED) is 0.237. The van der Waals surface area contributed by atoms with E-state index in [4.69, 9.17) is 4.99 Å². The third kappa shape index (κ3) is 3.12. The van der Waals surface area contributed by atoms with Crippen LogP contribution in [0.3, 0.4) is 0 Å². The fourth-order valence-corrected chi connectivity index (χ4v) is 6.49. The van der Waals surface area contributed by atoms with Gasteiger partial charge in [-0.25, -0.2) is 0 Å². The van der Waals surface area contributed by atoms with E-state index in [0.29, 0.717) is 0 Å². The number of aliphatic imine (C=N–C) groups is 1. The van der Waals surface area contributed by atoms with Gasteiger partial charge in [-0.05, 0) is 54.8 Å². The van der Waals surface area contributed by atoms with Crippen LogP contribution in [0.15, 0.2) is 120 Å². The van der Waals surface area contributed by atoms with Crippen LogP contribution in [0.1, 0.15) is 35.8 Å². The van der Waals surface area contributed by atoms with Crippen molar-refractivity contribution in [2.24, 2.45) is 4.99 Å². The lowest BCUT2D eigenvalue weighted by atomic mass is 9.99. The first-order valence-electron chi connectivity index (χ1n) is 13.5. The van der Waals surface area contributed by atoms with Gasteiger partial charge in [0.15, 0.2) is 0 Å². The van der Waals surface area contributed by atoms with Crippen LogP contribution in [0.4, 0.5) is 0 Å². The number of hydrogen-bond donors (Lipinski definition) is 0. The molecule has 6 aromatic rings. The summed E-state index contributed by atoms with van der Waals surface area (Å²) in [5.74, 6) is 0. The Morgan fingerprint density at radius 1 is 0.658 bits per heavy atom. The highest BCUT2D eigenvalue weighted by atomic mass is 15.1. The molecule has 0 radical (unpaired) electrons. The van der Waals surface area contributed by atoms with E-state index in [0.717, 1.165) is 25.0 Å². The summed E-state index contributed by atoms with van der Waals surface area (Å²) in [7, 11) is 0. The molecule has 1 atom stereocenters. The third-order valence-electron chi connectivity index (χ3n) is 8.07. The topological polar surface area (TPSA) is 22.2 Å². The molecule has 0 fully saturated rings. The van der Waals surface area contributed by atoms with E-state index in [1.54, 1.807) is 0 Å². The maximum absolute atomic E-state index is 5.31. The van der Waals surface area contributed by atoms with E-state index in [1.165, 1.54) is 55.2 Å². The molecule has 4 aromatic carbocycles. The first kappa shape index (κ1) is 21.5. The summed E-state index contributed by atoms with van der Waals surface area (Å²) in [4.78, 5) is 5.31. The van der Waals surface area contributed by atoms with Crippen LogP contribution in [-0.2, 0) is 6.42 Å². The van der Waals surface area contributed by atoms with Gasteiger partial charge in [-0.1, -0.05) is 85.0 Å². The molecular weight excluding hydrogens is 462 g/mol. The number of hydrogen-bond acceptors (Lipinski definition) is 1. The number of fused-ring (bicyclic) bond motifs is 7. The maximum Gasteiger partial charge on any atom is 0.129 e. The van der Waals surface area contributed by atoms with E-state index in [-0.39, 0.29) is 6.17 Å². The third-order valence-corrected chi connectivity index (χ3v) is 8.07. The van der Waals surface area contributed by atoms with E-state index < -0.39 is 0 Å². The molecule has 2 aliphatic rings. The van der Waals surface area contributed by atoms with Crippen molar-refractivity contribution >= 4 is 44.5 Å². The average Bonchev–Trinajstić information content (AvgIpc) is 3.51. The number of rotatable bonds is 3. The molecule has 3 heteroatoms. The van der Waals surface area contributed by atoms with Crippen LogP contribution >= 0.6 is 0 Å². The fourth-order valence-electron chi connectivity index (χ4n) is 6.49. The number of dihydropyridines is 1. The van der Waals surface area contributed by atoms with Crippen LogP contribution < -0.4 is 0 Å². The number of nitrogens with zero attached hydrogens (tertiary/aromatic N) is 3. The van der Waals surface area contributed by atoms with Crippen molar-refractivity contribution in [3.05, 3.63) is 132 Å². The summed E-state index contributed by atoms with van der Waals surface area (Å²) in [6, 6.07) is 34.7. The van der Waals surface area contributed by atoms with Gasteiger partial charge in [0.1, 0.15) is 6.17 Å². The van der Waals surface area contributed by atoms with Crippen LogP contribution in [0.2, 0.25) is 0 Å². The first-order valence-corrected chi connectivity index (χ1v) is 13.5.